The van der Waals surface area contributed by atoms with Crippen molar-refractivity contribution >= 4 is 24.8 Å². The standard InChI is InChI=1S/C31H43NO3Si/c1-7-9-17-25-22-23-26(16-8-2)32(30(33)34-6)29(25)24-35-36(31(3,4)5,27-18-12-10-13-19-27)28-20-14-11-15-21-28/h8,10-15,18-21,23,25,29H,2,7,9,16-17,22,24H2,1,3-6H3/t25-,29-/m1/s1. The van der Waals surface area contributed by atoms with Crippen molar-refractivity contribution in [1.82, 2.24) is 4.90 Å². The molecule has 0 bridgehead atoms. The summed E-state index contributed by atoms with van der Waals surface area (Å²) in [7, 11) is -1.27. The van der Waals surface area contributed by atoms with Gasteiger partial charge in [0.2, 0.25) is 0 Å². The number of rotatable bonds is 10. The summed E-state index contributed by atoms with van der Waals surface area (Å²) in [6.45, 7) is 13.5. The number of nitrogens with zero attached hydrogens (tertiary/aromatic N) is 1. The zero-order valence-electron chi connectivity index (χ0n) is 22.7. The van der Waals surface area contributed by atoms with Crippen LogP contribution in [-0.2, 0) is 9.16 Å². The molecule has 194 valence electrons. The quantitative estimate of drug-likeness (QED) is 0.267. The number of ether oxygens (including phenoxy) is 1. The molecule has 0 radical (unpaired) electrons. The molecule has 0 aliphatic carbocycles. The Morgan fingerprint density at radius 1 is 1.08 bits per heavy atom. The fourth-order valence-electron chi connectivity index (χ4n) is 5.61. The lowest BCUT2D eigenvalue weighted by atomic mass is 9.86. The molecule has 0 spiro atoms. The number of carbonyl (C=O) groups excluding carboxylic acids is 1. The maximum atomic E-state index is 13.1. The van der Waals surface area contributed by atoms with Gasteiger partial charge in [0, 0.05) is 12.1 Å². The summed E-state index contributed by atoms with van der Waals surface area (Å²) in [5.41, 5.74) is 0.959. The van der Waals surface area contributed by atoms with Gasteiger partial charge in [0.15, 0.2) is 0 Å². The fourth-order valence-corrected chi connectivity index (χ4v) is 10.2. The van der Waals surface area contributed by atoms with E-state index in [1.54, 1.807) is 0 Å². The van der Waals surface area contributed by atoms with Gasteiger partial charge in [-0.2, -0.15) is 0 Å². The Morgan fingerprint density at radius 3 is 2.14 bits per heavy atom. The van der Waals surface area contributed by atoms with Crippen LogP contribution in [0, 0.1) is 5.92 Å². The first-order valence-corrected chi connectivity index (χ1v) is 15.1. The van der Waals surface area contributed by atoms with Crippen LogP contribution in [0.3, 0.4) is 0 Å². The molecule has 36 heavy (non-hydrogen) atoms. The normalized spacial score (nSPS) is 18.5. The van der Waals surface area contributed by atoms with Gasteiger partial charge in [-0.1, -0.05) is 113 Å². The van der Waals surface area contributed by atoms with Gasteiger partial charge in [-0.25, -0.2) is 4.79 Å². The van der Waals surface area contributed by atoms with E-state index in [4.69, 9.17) is 9.16 Å². The Labute approximate surface area is 219 Å². The topological polar surface area (TPSA) is 38.8 Å². The summed E-state index contributed by atoms with van der Waals surface area (Å²) >= 11 is 0. The SMILES string of the molecule is C=CCC1=CC[C@@H](CCCC)[C@@H](CO[Si](c2ccccc2)(c2ccccc2)C(C)(C)C)N1C(=O)OC. The predicted molar refractivity (Wildman–Crippen MR) is 152 cm³/mol. The summed E-state index contributed by atoms with van der Waals surface area (Å²) in [5, 5.41) is 2.37. The largest absolute Gasteiger partial charge is 0.452 e. The predicted octanol–water partition coefficient (Wildman–Crippen LogP) is 6.67. The molecule has 0 saturated carbocycles. The number of carbonyl (C=O) groups is 1. The van der Waals surface area contributed by atoms with Gasteiger partial charge in [0.05, 0.1) is 19.8 Å². The second-order valence-electron chi connectivity index (χ2n) is 10.7. The monoisotopic (exact) mass is 505 g/mol. The van der Waals surface area contributed by atoms with Crippen molar-refractivity contribution in [2.24, 2.45) is 5.92 Å². The fraction of sp³-hybridized carbons (Fsp3) is 0.452. The highest BCUT2D eigenvalue weighted by atomic mass is 28.4. The molecule has 1 aliphatic rings. The molecular formula is C31H43NO3Si. The molecule has 0 saturated heterocycles. The Morgan fingerprint density at radius 2 is 1.67 bits per heavy atom. The molecule has 2 aromatic carbocycles. The highest BCUT2D eigenvalue weighted by Crippen LogP contribution is 2.39. The lowest BCUT2D eigenvalue weighted by Gasteiger charge is -2.46. The lowest BCUT2D eigenvalue weighted by molar-refractivity contribution is 0.0715. The Hall–Kier alpha value is -2.63. The molecule has 4 nitrogen and oxygen atoms in total. The summed E-state index contributed by atoms with van der Waals surface area (Å²) in [6, 6.07) is 21.3. The molecule has 2 aromatic rings. The van der Waals surface area contributed by atoms with E-state index in [0.29, 0.717) is 18.9 Å². The van der Waals surface area contributed by atoms with E-state index in [9.17, 15) is 4.79 Å². The maximum Gasteiger partial charge on any atom is 0.414 e. The number of unbranched alkanes of at least 4 members (excludes halogenated alkanes) is 1. The molecular weight excluding hydrogens is 462 g/mol. The molecule has 5 heteroatoms. The number of hydrogen-bond acceptors (Lipinski definition) is 3. The Balaban J connectivity index is 2.10. The first-order chi connectivity index (χ1) is 17.3. The number of methoxy groups -OCH3 is 1. The van der Waals surface area contributed by atoms with Gasteiger partial charge >= 0.3 is 6.09 Å². The highest BCUT2D eigenvalue weighted by molar-refractivity contribution is 6.99. The van der Waals surface area contributed by atoms with Crippen molar-refractivity contribution < 1.29 is 14.0 Å². The maximum absolute atomic E-state index is 13.1. The van der Waals surface area contributed by atoms with Gasteiger partial charge in [-0.05, 0) is 34.2 Å². The van der Waals surface area contributed by atoms with Crippen molar-refractivity contribution in [3.63, 3.8) is 0 Å². The van der Waals surface area contributed by atoms with E-state index < -0.39 is 8.32 Å². The van der Waals surface area contributed by atoms with Crippen LogP contribution in [0.4, 0.5) is 4.79 Å². The molecule has 0 N–H and O–H groups in total. The molecule has 3 rings (SSSR count). The van der Waals surface area contributed by atoms with Gasteiger partial charge in [0.1, 0.15) is 0 Å². The van der Waals surface area contributed by atoms with E-state index in [0.717, 1.165) is 31.4 Å². The van der Waals surface area contributed by atoms with Crippen LogP contribution in [0.2, 0.25) is 5.04 Å². The lowest BCUT2D eigenvalue weighted by Crippen LogP contribution is -2.67. The zero-order valence-corrected chi connectivity index (χ0v) is 23.7. The van der Waals surface area contributed by atoms with Crippen LogP contribution in [0.25, 0.3) is 0 Å². The summed E-state index contributed by atoms with van der Waals surface area (Å²) in [6.07, 6.45) is 8.60. The second kappa shape index (κ2) is 12.6. The number of allylic oxidation sites excluding steroid dienone is 2. The van der Waals surface area contributed by atoms with Crippen molar-refractivity contribution in [3.8, 4) is 0 Å². The van der Waals surface area contributed by atoms with E-state index in [2.05, 4.69) is 101 Å². The molecule has 2 atom stereocenters. The molecule has 0 aromatic heterocycles. The first kappa shape index (κ1) is 27.9. The molecule has 1 heterocycles. The van der Waals surface area contributed by atoms with Crippen LogP contribution in [-0.4, -0.2) is 39.1 Å². The number of amides is 1. The van der Waals surface area contributed by atoms with Crippen LogP contribution in [0.1, 0.15) is 59.8 Å². The van der Waals surface area contributed by atoms with Crippen LogP contribution in [0.5, 0.6) is 0 Å². The van der Waals surface area contributed by atoms with Crippen LogP contribution >= 0.6 is 0 Å². The highest BCUT2D eigenvalue weighted by Gasteiger charge is 2.51. The van der Waals surface area contributed by atoms with Crippen molar-refractivity contribution in [1.29, 1.82) is 0 Å². The van der Waals surface area contributed by atoms with E-state index in [1.165, 1.54) is 17.5 Å². The number of benzene rings is 2. The van der Waals surface area contributed by atoms with Crippen molar-refractivity contribution in [3.05, 3.63) is 85.1 Å². The third-order valence-corrected chi connectivity index (χ3v) is 12.4. The van der Waals surface area contributed by atoms with Gasteiger partial charge in [0.25, 0.3) is 8.32 Å². The molecule has 0 unspecified atom stereocenters. The Bertz CT molecular complexity index is 974. The average molecular weight is 506 g/mol. The van der Waals surface area contributed by atoms with Crippen LogP contribution in [0.15, 0.2) is 85.1 Å². The van der Waals surface area contributed by atoms with E-state index in [-0.39, 0.29) is 17.2 Å². The minimum Gasteiger partial charge on any atom is -0.452 e. The van der Waals surface area contributed by atoms with E-state index >= 15 is 0 Å². The second-order valence-corrected chi connectivity index (χ2v) is 15.0. The van der Waals surface area contributed by atoms with Gasteiger partial charge in [-0.15, -0.1) is 6.58 Å². The minimum atomic E-state index is -2.73. The summed E-state index contributed by atoms with van der Waals surface area (Å²) in [4.78, 5) is 15.0. The number of hydrogen-bond donors (Lipinski definition) is 0. The van der Waals surface area contributed by atoms with Crippen LogP contribution < -0.4 is 10.4 Å². The molecule has 0 fully saturated rings. The average Bonchev–Trinajstić information content (AvgIpc) is 2.88. The smallest absolute Gasteiger partial charge is 0.414 e. The molecule has 1 amide bonds. The van der Waals surface area contributed by atoms with Gasteiger partial charge in [-0.3, -0.25) is 4.90 Å². The zero-order chi connectivity index (χ0) is 26.2. The third-order valence-electron chi connectivity index (χ3n) is 7.38. The third kappa shape index (κ3) is 5.84. The van der Waals surface area contributed by atoms with Crippen molar-refractivity contribution in [2.75, 3.05) is 13.7 Å². The minimum absolute atomic E-state index is 0.0920. The summed E-state index contributed by atoms with van der Waals surface area (Å²) < 4.78 is 12.6. The van der Waals surface area contributed by atoms with E-state index in [1.807, 2.05) is 11.0 Å². The first-order valence-electron chi connectivity index (χ1n) is 13.2. The van der Waals surface area contributed by atoms with Crippen molar-refractivity contribution in [2.45, 2.75) is 70.9 Å². The molecule has 1 aliphatic heterocycles. The Kier molecular flexibility index (Phi) is 9.74. The van der Waals surface area contributed by atoms with Gasteiger partial charge < -0.3 is 9.16 Å². The summed E-state index contributed by atoms with van der Waals surface area (Å²) in [5.74, 6) is 0.316.